The van der Waals surface area contributed by atoms with Crippen molar-refractivity contribution in [2.75, 3.05) is 7.11 Å². The van der Waals surface area contributed by atoms with Gasteiger partial charge in [0.1, 0.15) is 5.52 Å². The third-order valence-corrected chi connectivity index (χ3v) is 2.53. The van der Waals surface area contributed by atoms with Crippen LogP contribution in [0.25, 0.3) is 11.2 Å². The lowest BCUT2D eigenvalue weighted by Gasteiger charge is -2.03. The van der Waals surface area contributed by atoms with Gasteiger partial charge >= 0.3 is 0 Å². The summed E-state index contributed by atoms with van der Waals surface area (Å²) >= 11 is 0. The number of aromatic nitrogens is 5. The summed E-state index contributed by atoms with van der Waals surface area (Å²) in [5.41, 5.74) is 1.39. The first-order valence-corrected chi connectivity index (χ1v) is 5.20. The van der Waals surface area contributed by atoms with E-state index in [1.165, 1.54) is 13.4 Å². The number of nitrogens with one attached hydrogen (secondary N) is 2. The number of hydrogen-bond donors (Lipinski definition) is 2. The van der Waals surface area contributed by atoms with Gasteiger partial charge in [0.15, 0.2) is 16.9 Å². The lowest BCUT2D eigenvalue weighted by molar-refractivity contribution is 0.324. The Hall–Kier alpha value is -2.64. The zero-order valence-corrected chi connectivity index (χ0v) is 9.54. The number of ether oxygens (including phenoxy) is 1. The lowest BCUT2D eigenvalue weighted by atomic mass is 10.4. The molecule has 0 atom stereocenters. The van der Waals surface area contributed by atoms with Crippen LogP contribution in [0.15, 0.2) is 23.2 Å². The van der Waals surface area contributed by atoms with Gasteiger partial charge in [-0.1, -0.05) is 0 Å². The van der Waals surface area contributed by atoms with Crippen molar-refractivity contribution in [3.05, 3.63) is 30.0 Å². The van der Waals surface area contributed by atoms with E-state index in [1.54, 1.807) is 17.0 Å². The molecule has 3 rings (SSSR count). The molecule has 0 aliphatic rings. The van der Waals surface area contributed by atoms with Crippen molar-refractivity contribution in [2.45, 2.75) is 6.54 Å². The molecule has 0 spiro atoms. The number of nitrogens with zero attached hydrogens (tertiary/aromatic N) is 4. The molecule has 0 amide bonds. The Morgan fingerprint density at radius 3 is 3.17 bits per heavy atom. The molecule has 3 aromatic heterocycles. The molecule has 0 aliphatic heterocycles. The van der Waals surface area contributed by atoms with Crippen LogP contribution in [0.5, 0.6) is 5.88 Å². The average molecular weight is 246 g/mol. The zero-order chi connectivity index (χ0) is 12.5. The highest BCUT2D eigenvalue weighted by Gasteiger charge is 2.08. The first-order chi connectivity index (χ1) is 8.78. The van der Waals surface area contributed by atoms with E-state index in [2.05, 4.69) is 20.1 Å². The van der Waals surface area contributed by atoms with Gasteiger partial charge in [0.05, 0.1) is 26.3 Å². The van der Waals surface area contributed by atoms with Gasteiger partial charge in [-0.05, 0) is 5.16 Å². The first-order valence-electron chi connectivity index (χ1n) is 5.20. The second-order valence-electron chi connectivity index (χ2n) is 3.66. The molecule has 0 fully saturated rings. The van der Waals surface area contributed by atoms with Crippen molar-refractivity contribution in [1.29, 1.82) is 5.41 Å². The predicted octanol–water partition coefficient (Wildman–Crippen LogP) is 0.284. The molecule has 92 valence electrons. The highest BCUT2D eigenvalue weighted by atomic mass is 16.5. The van der Waals surface area contributed by atoms with Gasteiger partial charge in [0, 0.05) is 6.07 Å². The quantitative estimate of drug-likeness (QED) is 0.690. The van der Waals surface area contributed by atoms with Crippen molar-refractivity contribution in [2.24, 2.45) is 0 Å². The monoisotopic (exact) mass is 246 g/mol. The van der Waals surface area contributed by atoms with Crippen molar-refractivity contribution >= 4 is 11.2 Å². The Balaban J connectivity index is 2.02. The molecular formula is C10H10N6O2. The number of methoxy groups -OCH3 is 1. The van der Waals surface area contributed by atoms with Gasteiger partial charge in [0.2, 0.25) is 0 Å². The Morgan fingerprint density at radius 1 is 1.50 bits per heavy atom. The molecular weight excluding hydrogens is 236 g/mol. The average Bonchev–Trinajstić information content (AvgIpc) is 3.01. The van der Waals surface area contributed by atoms with Crippen LogP contribution in [0.2, 0.25) is 0 Å². The summed E-state index contributed by atoms with van der Waals surface area (Å²) in [6, 6.07) is 1.69. The summed E-state index contributed by atoms with van der Waals surface area (Å²) in [5, 5.41) is 11.4. The lowest BCUT2D eigenvalue weighted by Crippen LogP contribution is -2.13. The molecule has 3 heterocycles. The van der Waals surface area contributed by atoms with Crippen molar-refractivity contribution in [3.8, 4) is 5.88 Å². The van der Waals surface area contributed by atoms with Gasteiger partial charge in [0.25, 0.3) is 5.88 Å². The van der Waals surface area contributed by atoms with E-state index in [9.17, 15) is 0 Å². The van der Waals surface area contributed by atoms with Crippen molar-refractivity contribution < 1.29 is 9.26 Å². The minimum atomic E-state index is 0.161. The summed E-state index contributed by atoms with van der Waals surface area (Å²) in [6.45, 7) is 0.422. The van der Waals surface area contributed by atoms with Gasteiger partial charge in [-0.15, -0.1) is 0 Å². The maximum atomic E-state index is 7.64. The van der Waals surface area contributed by atoms with E-state index in [0.717, 1.165) is 0 Å². The van der Waals surface area contributed by atoms with Crippen LogP contribution in [-0.2, 0) is 6.54 Å². The van der Waals surface area contributed by atoms with Crippen LogP contribution in [0.3, 0.4) is 0 Å². The molecule has 8 heteroatoms. The predicted molar refractivity (Wildman–Crippen MR) is 59.9 cm³/mol. The van der Waals surface area contributed by atoms with E-state index in [4.69, 9.17) is 14.7 Å². The zero-order valence-electron chi connectivity index (χ0n) is 9.54. The fourth-order valence-corrected chi connectivity index (χ4v) is 1.67. The van der Waals surface area contributed by atoms with Crippen LogP contribution in [-0.4, -0.2) is 31.8 Å². The maximum Gasteiger partial charge on any atom is 0.254 e. The maximum absolute atomic E-state index is 7.64. The topological polar surface area (TPSA) is 106 Å². The minimum Gasteiger partial charge on any atom is -0.479 e. The summed E-state index contributed by atoms with van der Waals surface area (Å²) in [5.74, 6) is 1.05. The molecule has 0 saturated heterocycles. The fraction of sp³-hybridized carbons (Fsp3) is 0.200. The standard InChI is InChI=1S/C10H10N6O2/c1-17-7-2-6(18-15-7)3-16-5-14-9(11)8-10(16)13-4-12-8/h2,4-5,11H,3H2,1H3,(H,12,13). The fourth-order valence-electron chi connectivity index (χ4n) is 1.67. The van der Waals surface area contributed by atoms with Crippen LogP contribution in [0.4, 0.5) is 0 Å². The molecule has 0 unspecified atom stereocenters. The van der Waals surface area contributed by atoms with E-state index in [1.807, 2.05) is 0 Å². The second kappa shape index (κ2) is 3.99. The molecule has 8 nitrogen and oxygen atoms in total. The summed E-state index contributed by atoms with van der Waals surface area (Å²) in [6.07, 6.45) is 3.07. The molecule has 18 heavy (non-hydrogen) atoms. The van der Waals surface area contributed by atoms with E-state index in [-0.39, 0.29) is 5.49 Å². The Bertz CT molecular complexity index is 740. The van der Waals surface area contributed by atoms with E-state index in [0.29, 0.717) is 29.3 Å². The number of rotatable bonds is 3. The van der Waals surface area contributed by atoms with Crippen LogP contribution in [0.1, 0.15) is 5.76 Å². The molecule has 0 radical (unpaired) electrons. The highest BCUT2D eigenvalue weighted by molar-refractivity contribution is 5.68. The van der Waals surface area contributed by atoms with Gasteiger partial charge in [-0.3, -0.25) is 5.41 Å². The molecule has 0 bridgehead atoms. The molecule has 0 saturated carbocycles. The third-order valence-electron chi connectivity index (χ3n) is 2.53. The Labute approximate surface area is 101 Å². The van der Waals surface area contributed by atoms with Gasteiger partial charge < -0.3 is 18.8 Å². The van der Waals surface area contributed by atoms with Crippen LogP contribution >= 0.6 is 0 Å². The molecule has 0 aliphatic carbocycles. The van der Waals surface area contributed by atoms with E-state index < -0.39 is 0 Å². The van der Waals surface area contributed by atoms with Crippen molar-refractivity contribution in [3.63, 3.8) is 0 Å². The summed E-state index contributed by atoms with van der Waals surface area (Å²) in [4.78, 5) is 11.0. The van der Waals surface area contributed by atoms with Crippen LogP contribution < -0.4 is 10.2 Å². The number of hydrogen-bond acceptors (Lipinski definition) is 6. The van der Waals surface area contributed by atoms with Gasteiger partial charge in [-0.2, -0.15) is 0 Å². The number of aromatic amines is 1. The summed E-state index contributed by atoms with van der Waals surface area (Å²) in [7, 11) is 1.52. The van der Waals surface area contributed by atoms with Crippen LogP contribution in [0, 0.1) is 5.41 Å². The van der Waals surface area contributed by atoms with Gasteiger partial charge in [-0.25, -0.2) is 9.97 Å². The molecule has 3 aromatic rings. The minimum absolute atomic E-state index is 0.161. The smallest absolute Gasteiger partial charge is 0.254 e. The normalized spacial score (nSPS) is 10.9. The summed E-state index contributed by atoms with van der Waals surface area (Å²) < 4.78 is 11.8. The Kier molecular flexibility index (Phi) is 2.33. The number of H-pyrrole nitrogens is 1. The molecule has 0 aromatic carbocycles. The SMILES string of the molecule is COc1cc(Cn2cnc(=N)c3[nH]cnc32)on1. The van der Waals surface area contributed by atoms with E-state index >= 15 is 0 Å². The van der Waals surface area contributed by atoms with Crippen molar-refractivity contribution in [1.82, 2.24) is 24.7 Å². The number of imidazole rings is 1. The second-order valence-corrected chi connectivity index (χ2v) is 3.66. The largest absolute Gasteiger partial charge is 0.479 e. The first kappa shape index (κ1) is 10.5. The Morgan fingerprint density at radius 2 is 2.39 bits per heavy atom. The highest BCUT2D eigenvalue weighted by Crippen LogP contribution is 2.13. The number of fused-ring (bicyclic) bond motifs is 1. The third kappa shape index (κ3) is 1.63. The molecule has 2 N–H and O–H groups in total.